The highest BCUT2D eigenvalue weighted by Gasteiger charge is 2.54. The first-order valence-corrected chi connectivity index (χ1v) is 6.99. The van der Waals surface area contributed by atoms with Crippen LogP contribution in [0, 0.1) is 0 Å². The molecule has 16 heavy (non-hydrogen) atoms. The third kappa shape index (κ3) is 1.92. The van der Waals surface area contributed by atoms with Gasteiger partial charge in [-0.1, -0.05) is 12.1 Å². The summed E-state index contributed by atoms with van der Waals surface area (Å²) in [5.41, 5.74) is 6.75. The molecule has 1 aliphatic carbocycles. The van der Waals surface area contributed by atoms with E-state index in [4.69, 9.17) is 10.5 Å². The van der Waals surface area contributed by atoms with E-state index in [1.807, 2.05) is 24.3 Å². The molecular weight excluding hydrogens is 226 g/mol. The molecule has 1 saturated carbocycles. The minimum Gasteiger partial charge on any atom is -0.497 e. The first kappa shape index (κ1) is 11.4. The molecule has 2 N–H and O–H groups in total. The van der Waals surface area contributed by atoms with Crippen LogP contribution in [0.15, 0.2) is 24.3 Å². The maximum Gasteiger partial charge on any atom is 0.152 e. The summed E-state index contributed by atoms with van der Waals surface area (Å²) in [7, 11) is -1.45. The molecule has 2 rings (SSSR count). The number of methoxy groups -OCH3 is 1. The van der Waals surface area contributed by atoms with E-state index in [9.17, 15) is 8.42 Å². The average molecular weight is 241 g/mol. The van der Waals surface area contributed by atoms with E-state index in [-0.39, 0.29) is 12.0 Å². The Morgan fingerprint density at radius 1 is 1.25 bits per heavy atom. The molecule has 3 atom stereocenters. The van der Waals surface area contributed by atoms with E-state index in [1.54, 1.807) is 7.11 Å². The van der Waals surface area contributed by atoms with Crippen LogP contribution in [-0.4, -0.2) is 33.1 Å². The van der Waals surface area contributed by atoms with Crippen molar-refractivity contribution in [2.45, 2.75) is 17.2 Å². The van der Waals surface area contributed by atoms with E-state index in [2.05, 4.69) is 0 Å². The van der Waals surface area contributed by atoms with Crippen LogP contribution in [0.2, 0.25) is 0 Å². The summed E-state index contributed by atoms with van der Waals surface area (Å²) >= 11 is 0. The summed E-state index contributed by atoms with van der Waals surface area (Å²) in [6.07, 6.45) is 1.24. The summed E-state index contributed by atoms with van der Waals surface area (Å²) in [6.45, 7) is 0. The van der Waals surface area contributed by atoms with Gasteiger partial charge in [-0.2, -0.15) is 0 Å². The van der Waals surface area contributed by atoms with Crippen molar-refractivity contribution in [1.82, 2.24) is 0 Å². The Bertz CT molecular complexity index is 480. The molecule has 88 valence electrons. The molecular formula is C11H15NO3S. The van der Waals surface area contributed by atoms with Gasteiger partial charge in [-0.05, 0) is 17.7 Å². The van der Waals surface area contributed by atoms with E-state index < -0.39 is 15.1 Å². The molecule has 1 aromatic carbocycles. The SMILES string of the molecule is COc1ccc([C@@H]2[C@@H](N)[C@@H]2S(C)(=O)=O)cc1. The van der Waals surface area contributed by atoms with Crippen LogP contribution in [0.5, 0.6) is 5.75 Å². The fourth-order valence-electron chi connectivity index (χ4n) is 2.10. The highest BCUT2D eigenvalue weighted by Crippen LogP contribution is 2.44. The van der Waals surface area contributed by atoms with Crippen molar-refractivity contribution in [3.63, 3.8) is 0 Å². The number of hydrogen-bond donors (Lipinski definition) is 1. The summed E-state index contributed by atoms with van der Waals surface area (Å²) in [6, 6.07) is 7.10. The Labute approximate surface area is 95.3 Å². The van der Waals surface area contributed by atoms with Gasteiger partial charge in [-0.3, -0.25) is 0 Å². The maximum absolute atomic E-state index is 11.4. The molecule has 0 unspecified atom stereocenters. The van der Waals surface area contributed by atoms with Crippen LogP contribution >= 0.6 is 0 Å². The molecule has 0 aliphatic heterocycles. The van der Waals surface area contributed by atoms with Gasteiger partial charge in [-0.25, -0.2) is 8.42 Å². The predicted molar refractivity (Wildman–Crippen MR) is 62.3 cm³/mol. The Hall–Kier alpha value is -1.07. The second-order valence-corrected chi connectivity index (χ2v) is 6.37. The molecule has 5 heteroatoms. The van der Waals surface area contributed by atoms with Crippen molar-refractivity contribution in [2.75, 3.05) is 13.4 Å². The smallest absolute Gasteiger partial charge is 0.152 e. The quantitative estimate of drug-likeness (QED) is 0.838. The largest absolute Gasteiger partial charge is 0.497 e. The number of benzene rings is 1. The zero-order chi connectivity index (χ0) is 11.9. The molecule has 0 radical (unpaired) electrons. The molecule has 1 fully saturated rings. The van der Waals surface area contributed by atoms with Crippen molar-refractivity contribution in [3.05, 3.63) is 29.8 Å². The van der Waals surface area contributed by atoms with Gasteiger partial charge >= 0.3 is 0 Å². The number of nitrogens with two attached hydrogens (primary N) is 1. The predicted octanol–water partition coefficient (Wildman–Crippen LogP) is 0.533. The van der Waals surface area contributed by atoms with Crippen molar-refractivity contribution in [3.8, 4) is 5.75 Å². The number of ether oxygens (including phenoxy) is 1. The Balaban J connectivity index is 2.21. The lowest BCUT2D eigenvalue weighted by Crippen LogP contribution is -2.13. The average Bonchev–Trinajstić information content (AvgIpc) is 2.90. The van der Waals surface area contributed by atoms with E-state index in [1.165, 1.54) is 6.26 Å². The highest BCUT2D eigenvalue weighted by atomic mass is 32.2. The van der Waals surface area contributed by atoms with Gasteiger partial charge in [0.25, 0.3) is 0 Å². The molecule has 1 aromatic rings. The monoisotopic (exact) mass is 241 g/mol. The topological polar surface area (TPSA) is 69.4 Å². The molecule has 1 aliphatic rings. The van der Waals surface area contributed by atoms with E-state index in [0.29, 0.717) is 0 Å². The Kier molecular flexibility index (Phi) is 2.67. The van der Waals surface area contributed by atoms with Gasteiger partial charge in [0.15, 0.2) is 9.84 Å². The Morgan fingerprint density at radius 2 is 1.81 bits per heavy atom. The van der Waals surface area contributed by atoms with Crippen molar-refractivity contribution < 1.29 is 13.2 Å². The first-order valence-electron chi connectivity index (χ1n) is 5.03. The molecule has 0 amide bonds. The molecule has 4 nitrogen and oxygen atoms in total. The van der Waals surface area contributed by atoms with Gasteiger partial charge in [0.1, 0.15) is 5.75 Å². The lowest BCUT2D eigenvalue weighted by atomic mass is 10.1. The summed E-state index contributed by atoms with van der Waals surface area (Å²) in [4.78, 5) is 0. The van der Waals surface area contributed by atoms with Gasteiger partial charge in [0.2, 0.25) is 0 Å². The van der Waals surface area contributed by atoms with E-state index >= 15 is 0 Å². The van der Waals surface area contributed by atoms with Crippen LogP contribution in [-0.2, 0) is 9.84 Å². The minimum atomic E-state index is -3.05. The van der Waals surface area contributed by atoms with Crippen molar-refractivity contribution >= 4 is 9.84 Å². The maximum atomic E-state index is 11.4. The number of rotatable bonds is 3. The lowest BCUT2D eigenvalue weighted by Gasteiger charge is -2.02. The zero-order valence-electron chi connectivity index (χ0n) is 9.25. The van der Waals surface area contributed by atoms with Gasteiger partial charge < -0.3 is 10.5 Å². The minimum absolute atomic E-state index is 0.0686. The number of sulfone groups is 1. The first-order chi connectivity index (χ1) is 7.45. The number of hydrogen-bond acceptors (Lipinski definition) is 4. The molecule has 0 saturated heterocycles. The fraction of sp³-hybridized carbons (Fsp3) is 0.455. The van der Waals surface area contributed by atoms with Crippen molar-refractivity contribution in [2.24, 2.45) is 5.73 Å². The summed E-state index contributed by atoms with van der Waals surface area (Å²) < 4.78 is 27.9. The van der Waals surface area contributed by atoms with Crippen LogP contribution in [0.3, 0.4) is 0 Å². The summed E-state index contributed by atoms with van der Waals surface area (Å²) in [5, 5.41) is -0.430. The molecule has 0 spiro atoms. The van der Waals surface area contributed by atoms with E-state index in [0.717, 1.165) is 11.3 Å². The highest BCUT2D eigenvalue weighted by molar-refractivity contribution is 7.91. The van der Waals surface area contributed by atoms with Gasteiger partial charge in [0.05, 0.1) is 12.4 Å². The molecule has 0 aromatic heterocycles. The third-order valence-electron chi connectivity index (χ3n) is 3.00. The van der Waals surface area contributed by atoms with Crippen LogP contribution in [0.4, 0.5) is 0 Å². The lowest BCUT2D eigenvalue weighted by molar-refractivity contribution is 0.414. The van der Waals surface area contributed by atoms with Crippen LogP contribution in [0.1, 0.15) is 11.5 Å². The summed E-state index contributed by atoms with van der Waals surface area (Å²) in [5.74, 6) is 0.690. The van der Waals surface area contributed by atoms with Gasteiger partial charge in [0, 0.05) is 18.2 Å². The third-order valence-corrected chi connectivity index (χ3v) is 4.60. The fourth-order valence-corrected chi connectivity index (χ4v) is 3.62. The van der Waals surface area contributed by atoms with Gasteiger partial charge in [-0.15, -0.1) is 0 Å². The van der Waals surface area contributed by atoms with Crippen LogP contribution < -0.4 is 10.5 Å². The normalized spacial score (nSPS) is 28.8. The van der Waals surface area contributed by atoms with Crippen molar-refractivity contribution in [1.29, 1.82) is 0 Å². The zero-order valence-corrected chi connectivity index (χ0v) is 10.1. The molecule has 0 bridgehead atoms. The second kappa shape index (κ2) is 3.75. The second-order valence-electron chi connectivity index (χ2n) is 4.17. The standard InChI is InChI=1S/C11H15NO3S/c1-15-8-5-3-7(4-6-8)9-10(12)11(9)16(2,13)14/h3-6,9-11H,12H2,1-2H3/t9-,10-,11-/m1/s1. The van der Waals surface area contributed by atoms with Crippen LogP contribution in [0.25, 0.3) is 0 Å². The molecule has 0 heterocycles. The Morgan fingerprint density at radius 3 is 2.19 bits per heavy atom.